The third kappa shape index (κ3) is 3.85. The molecule has 0 amide bonds. The van der Waals surface area contributed by atoms with E-state index in [4.69, 9.17) is 21.4 Å². The number of nitrogens with zero attached hydrogens (tertiary/aromatic N) is 4. The molecule has 3 aromatic rings. The Bertz CT molecular complexity index is 774. The molecule has 0 fully saturated rings. The van der Waals surface area contributed by atoms with Gasteiger partial charge in [0.05, 0.1) is 13.2 Å². The van der Waals surface area contributed by atoms with Gasteiger partial charge in [0, 0.05) is 16.1 Å². The Kier molecular flexibility index (Phi) is 4.85. The molecule has 1 N–H and O–H groups in total. The number of aromatic nitrogens is 4. The monoisotopic (exact) mass is 330 g/mol. The van der Waals surface area contributed by atoms with Gasteiger partial charge in [-0.15, -0.1) is 10.2 Å². The van der Waals surface area contributed by atoms with Crippen molar-refractivity contribution in [2.45, 2.75) is 13.2 Å². The lowest BCUT2D eigenvalue weighted by molar-refractivity contribution is 0.259. The average Bonchev–Trinajstić information content (AvgIpc) is 3.04. The molecule has 1 heterocycles. The molecule has 0 spiro atoms. The van der Waals surface area contributed by atoms with Crippen LogP contribution in [-0.4, -0.2) is 31.9 Å². The second-order valence-corrected chi connectivity index (χ2v) is 5.24. The van der Waals surface area contributed by atoms with E-state index in [0.29, 0.717) is 24.0 Å². The van der Waals surface area contributed by atoms with E-state index in [1.54, 1.807) is 0 Å². The maximum atomic E-state index is 8.85. The summed E-state index contributed by atoms with van der Waals surface area (Å²) in [6.07, 6.45) is 0. The van der Waals surface area contributed by atoms with Crippen LogP contribution >= 0.6 is 11.6 Å². The molecule has 0 saturated heterocycles. The van der Waals surface area contributed by atoms with E-state index in [0.717, 1.165) is 16.9 Å². The normalized spacial score (nSPS) is 10.7. The van der Waals surface area contributed by atoms with Gasteiger partial charge in [-0.05, 0) is 35.5 Å². The minimum atomic E-state index is -0.0232. The fourth-order valence-electron chi connectivity index (χ4n) is 2.02. The van der Waals surface area contributed by atoms with Crippen LogP contribution in [0.5, 0.6) is 5.75 Å². The average molecular weight is 331 g/mol. The highest BCUT2D eigenvalue weighted by atomic mass is 35.5. The van der Waals surface area contributed by atoms with Crippen LogP contribution in [0.4, 0.5) is 0 Å². The molecule has 7 heteroatoms. The molecular weight excluding hydrogens is 316 g/mol. The number of tetrazole rings is 1. The molecule has 0 saturated carbocycles. The Labute approximate surface area is 138 Å². The predicted octanol–water partition coefficient (Wildman–Crippen LogP) is 2.56. The van der Waals surface area contributed by atoms with Gasteiger partial charge in [-0.2, -0.15) is 4.80 Å². The zero-order valence-electron chi connectivity index (χ0n) is 12.3. The van der Waals surface area contributed by atoms with Gasteiger partial charge in [-0.3, -0.25) is 0 Å². The van der Waals surface area contributed by atoms with Crippen molar-refractivity contribution in [3.8, 4) is 17.1 Å². The topological polar surface area (TPSA) is 73.1 Å². The van der Waals surface area contributed by atoms with E-state index in [9.17, 15) is 0 Å². The molecule has 0 aliphatic rings. The third-order valence-electron chi connectivity index (χ3n) is 3.22. The van der Waals surface area contributed by atoms with E-state index >= 15 is 0 Å². The van der Waals surface area contributed by atoms with Gasteiger partial charge in [0.2, 0.25) is 5.82 Å². The number of hydrogen-bond donors (Lipinski definition) is 1. The van der Waals surface area contributed by atoms with Crippen LogP contribution in [0.25, 0.3) is 11.4 Å². The smallest absolute Gasteiger partial charge is 0.204 e. The number of benzene rings is 2. The van der Waals surface area contributed by atoms with Gasteiger partial charge in [0.15, 0.2) is 0 Å². The van der Waals surface area contributed by atoms with E-state index < -0.39 is 0 Å². The second kappa shape index (κ2) is 7.21. The summed E-state index contributed by atoms with van der Waals surface area (Å²) in [5, 5.41) is 21.5. The van der Waals surface area contributed by atoms with Gasteiger partial charge < -0.3 is 9.84 Å². The Morgan fingerprint density at radius 2 is 1.87 bits per heavy atom. The lowest BCUT2D eigenvalue weighted by atomic mass is 10.2. The molecule has 0 atom stereocenters. The van der Waals surface area contributed by atoms with Crippen LogP contribution in [0.2, 0.25) is 5.02 Å². The first kappa shape index (κ1) is 15.5. The highest BCUT2D eigenvalue weighted by Crippen LogP contribution is 2.21. The summed E-state index contributed by atoms with van der Waals surface area (Å²) in [4.78, 5) is 1.36. The molecule has 0 bridgehead atoms. The van der Waals surface area contributed by atoms with Crippen molar-refractivity contribution in [2.75, 3.05) is 6.61 Å². The molecule has 1 aromatic heterocycles. The summed E-state index contributed by atoms with van der Waals surface area (Å²) in [5.41, 5.74) is 1.77. The standard InChI is InChI=1S/C16H15ClN4O2/c17-15-4-2-1-3-13(15)11-23-14-7-5-12(6-8-14)16-18-20-21(19-16)9-10-22/h1-8,22H,9-11H2. The molecule has 0 unspecified atom stereocenters. The summed E-state index contributed by atoms with van der Waals surface area (Å²) in [6, 6.07) is 15.0. The van der Waals surface area contributed by atoms with Gasteiger partial charge in [0.1, 0.15) is 12.4 Å². The second-order valence-electron chi connectivity index (χ2n) is 4.84. The van der Waals surface area contributed by atoms with Crippen LogP contribution in [0, 0.1) is 0 Å². The van der Waals surface area contributed by atoms with E-state index in [-0.39, 0.29) is 6.61 Å². The van der Waals surface area contributed by atoms with Crippen molar-refractivity contribution in [1.29, 1.82) is 0 Å². The molecular formula is C16H15ClN4O2. The van der Waals surface area contributed by atoms with Crippen molar-refractivity contribution in [2.24, 2.45) is 0 Å². The number of halogens is 1. The maximum Gasteiger partial charge on any atom is 0.204 e. The quantitative estimate of drug-likeness (QED) is 0.752. The molecule has 23 heavy (non-hydrogen) atoms. The number of aliphatic hydroxyl groups excluding tert-OH is 1. The van der Waals surface area contributed by atoms with Crippen LogP contribution in [0.15, 0.2) is 48.5 Å². The van der Waals surface area contributed by atoms with Crippen molar-refractivity contribution >= 4 is 11.6 Å². The van der Waals surface area contributed by atoms with Crippen LogP contribution < -0.4 is 4.74 Å². The van der Waals surface area contributed by atoms with Crippen LogP contribution in [-0.2, 0) is 13.2 Å². The zero-order valence-corrected chi connectivity index (χ0v) is 13.0. The predicted molar refractivity (Wildman–Crippen MR) is 86.1 cm³/mol. The number of ether oxygens (including phenoxy) is 1. The first-order chi connectivity index (χ1) is 11.3. The van der Waals surface area contributed by atoms with Crippen LogP contribution in [0.1, 0.15) is 5.56 Å². The lowest BCUT2D eigenvalue weighted by Crippen LogP contribution is -2.05. The third-order valence-corrected chi connectivity index (χ3v) is 3.59. The van der Waals surface area contributed by atoms with E-state index in [1.165, 1.54) is 4.80 Å². The Morgan fingerprint density at radius 1 is 1.09 bits per heavy atom. The number of hydrogen-bond acceptors (Lipinski definition) is 5. The first-order valence-corrected chi connectivity index (χ1v) is 7.49. The largest absolute Gasteiger partial charge is 0.489 e. The molecule has 0 aliphatic carbocycles. The molecule has 0 radical (unpaired) electrons. The molecule has 6 nitrogen and oxygen atoms in total. The molecule has 2 aromatic carbocycles. The van der Waals surface area contributed by atoms with E-state index in [1.807, 2.05) is 48.5 Å². The highest BCUT2D eigenvalue weighted by molar-refractivity contribution is 6.31. The summed E-state index contributed by atoms with van der Waals surface area (Å²) in [5.74, 6) is 1.24. The van der Waals surface area contributed by atoms with Crippen molar-refractivity contribution in [1.82, 2.24) is 20.2 Å². The van der Waals surface area contributed by atoms with Crippen molar-refractivity contribution in [3.05, 3.63) is 59.1 Å². The fraction of sp³-hybridized carbons (Fsp3) is 0.188. The summed E-state index contributed by atoms with van der Waals surface area (Å²) in [6.45, 7) is 0.709. The van der Waals surface area contributed by atoms with Gasteiger partial charge >= 0.3 is 0 Å². The minimum absolute atomic E-state index is 0.0232. The Hall–Kier alpha value is -2.44. The lowest BCUT2D eigenvalue weighted by Gasteiger charge is -2.07. The Balaban J connectivity index is 1.66. The van der Waals surface area contributed by atoms with Crippen molar-refractivity contribution in [3.63, 3.8) is 0 Å². The highest BCUT2D eigenvalue weighted by Gasteiger charge is 2.06. The van der Waals surface area contributed by atoms with Crippen molar-refractivity contribution < 1.29 is 9.84 Å². The molecule has 3 rings (SSSR count). The fourth-order valence-corrected chi connectivity index (χ4v) is 2.21. The summed E-state index contributed by atoms with van der Waals surface area (Å²) in [7, 11) is 0. The summed E-state index contributed by atoms with van der Waals surface area (Å²) >= 11 is 6.10. The van der Waals surface area contributed by atoms with Crippen LogP contribution in [0.3, 0.4) is 0 Å². The maximum absolute atomic E-state index is 8.85. The van der Waals surface area contributed by atoms with Gasteiger partial charge in [0.25, 0.3) is 0 Å². The SMILES string of the molecule is OCCn1nnc(-c2ccc(OCc3ccccc3Cl)cc2)n1. The van der Waals surface area contributed by atoms with Gasteiger partial charge in [-0.1, -0.05) is 29.8 Å². The molecule has 118 valence electrons. The minimum Gasteiger partial charge on any atom is -0.489 e. The Morgan fingerprint density at radius 3 is 2.61 bits per heavy atom. The summed E-state index contributed by atoms with van der Waals surface area (Å²) < 4.78 is 5.73. The molecule has 0 aliphatic heterocycles. The van der Waals surface area contributed by atoms with E-state index in [2.05, 4.69) is 15.4 Å². The zero-order chi connectivity index (χ0) is 16.1. The van der Waals surface area contributed by atoms with Gasteiger partial charge in [-0.25, -0.2) is 0 Å². The number of rotatable bonds is 6. The first-order valence-electron chi connectivity index (χ1n) is 7.11. The number of aliphatic hydroxyl groups is 1.